The first-order valence-electron chi connectivity index (χ1n) is 5.93. The number of nitrogens with two attached hydrogens (primary N) is 1. The molecule has 98 valence electrons. The first-order valence-corrected chi connectivity index (χ1v) is 6.74. The number of rotatable bonds is 4. The number of nitrogens with one attached hydrogen (secondary N) is 1. The van der Waals surface area contributed by atoms with E-state index in [1.54, 1.807) is 24.6 Å². The van der Waals surface area contributed by atoms with Crippen LogP contribution in [0.5, 0.6) is 0 Å². The number of hydrogen-bond acceptors (Lipinski definition) is 6. The summed E-state index contributed by atoms with van der Waals surface area (Å²) in [6, 6.07) is 8.03. The fraction of sp³-hybridized carbons (Fsp3) is 0.250. The minimum Gasteiger partial charge on any atom is -0.271 e. The Balaban J connectivity index is 1.86. The summed E-state index contributed by atoms with van der Waals surface area (Å²) in [7, 11) is 1.79. The molecule has 3 N–H and O–H groups in total. The molecule has 6 nitrogen and oxygen atoms in total. The monoisotopic (exact) mass is 274 g/mol. The molecule has 1 aromatic carbocycles. The predicted octanol–water partition coefficient (Wildman–Crippen LogP) is 1.17. The van der Waals surface area contributed by atoms with E-state index in [1.165, 1.54) is 9.50 Å². The molecule has 0 saturated carbocycles. The van der Waals surface area contributed by atoms with Crippen LogP contribution in [0.4, 0.5) is 0 Å². The van der Waals surface area contributed by atoms with Gasteiger partial charge in [-0.1, -0.05) is 12.1 Å². The second kappa shape index (κ2) is 5.04. The van der Waals surface area contributed by atoms with Crippen LogP contribution in [-0.2, 0) is 13.5 Å². The van der Waals surface area contributed by atoms with Crippen molar-refractivity contribution in [1.29, 1.82) is 0 Å². The Kier molecular flexibility index (Phi) is 3.24. The van der Waals surface area contributed by atoms with E-state index in [9.17, 15) is 0 Å². The highest BCUT2D eigenvalue weighted by molar-refractivity contribution is 7.18. The number of thiazole rings is 1. The fourth-order valence-corrected chi connectivity index (χ4v) is 2.96. The van der Waals surface area contributed by atoms with Crippen LogP contribution in [0, 0.1) is 0 Å². The van der Waals surface area contributed by atoms with E-state index in [0.29, 0.717) is 6.42 Å². The molecular weight excluding hydrogens is 260 g/mol. The molecule has 2 heterocycles. The average molecular weight is 274 g/mol. The van der Waals surface area contributed by atoms with Crippen LogP contribution in [0.15, 0.2) is 30.5 Å². The normalized spacial score (nSPS) is 12.9. The van der Waals surface area contributed by atoms with E-state index in [0.717, 1.165) is 16.2 Å². The molecule has 0 radical (unpaired) electrons. The van der Waals surface area contributed by atoms with E-state index >= 15 is 0 Å². The molecular formula is C12H14N6S. The number of benzene rings is 1. The maximum Gasteiger partial charge on any atom is 0.101 e. The lowest BCUT2D eigenvalue weighted by Gasteiger charge is -2.10. The van der Waals surface area contributed by atoms with Gasteiger partial charge in [-0.05, 0) is 12.1 Å². The Bertz CT molecular complexity index is 655. The number of aryl methyl sites for hydroxylation is 1. The molecule has 19 heavy (non-hydrogen) atoms. The van der Waals surface area contributed by atoms with Gasteiger partial charge in [0, 0.05) is 13.5 Å². The standard InChI is InChI=1S/C12H14N6S/c1-18-14-7-10(17-18)9(16-13)6-12-15-8-4-2-3-5-11(8)19-12/h2-5,7,9,16H,6,13H2,1H3. The Hall–Kier alpha value is -1.83. The lowest BCUT2D eigenvalue weighted by Crippen LogP contribution is -2.30. The van der Waals surface area contributed by atoms with Gasteiger partial charge >= 0.3 is 0 Å². The zero-order chi connectivity index (χ0) is 13.2. The van der Waals surface area contributed by atoms with Gasteiger partial charge in [-0.3, -0.25) is 11.3 Å². The van der Waals surface area contributed by atoms with E-state index in [-0.39, 0.29) is 6.04 Å². The van der Waals surface area contributed by atoms with Gasteiger partial charge < -0.3 is 0 Å². The molecule has 0 amide bonds. The quantitative estimate of drug-likeness (QED) is 0.551. The van der Waals surface area contributed by atoms with E-state index in [4.69, 9.17) is 5.84 Å². The van der Waals surface area contributed by atoms with Crippen LogP contribution in [0.2, 0.25) is 0 Å². The lowest BCUT2D eigenvalue weighted by atomic mass is 10.2. The van der Waals surface area contributed by atoms with E-state index in [1.807, 2.05) is 18.2 Å². The van der Waals surface area contributed by atoms with E-state index < -0.39 is 0 Å². The highest BCUT2D eigenvalue weighted by Gasteiger charge is 2.16. The summed E-state index contributed by atoms with van der Waals surface area (Å²) in [6.07, 6.45) is 2.42. The molecule has 0 spiro atoms. The Morgan fingerprint density at radius 2 is 2.26 bits per heavy atom. The molecule has 2 aromatic heterocycles. The van der Waals surface area contributed by atoms with Gasteiger partial charge in [0.05, 0.1) is 27.5 Å². The molecule has 0 aliphatic heterocycles. The highest BCUT2D eigenvalue weighted by Crippen LogP contribution is 2.25. The molecule has 1 unspecified atom stereocenters. The average Bonchev–Trinajstić information content (AvgIpc) is 3.01. The maximum absolute atomic E-state index is 5.61. The number of fused-ring (bicyclic) bond motifs is 1. The summed E-state index contributed by atoms with van der Waals surface area (Å²) >= 11 is 1.68. The van der Waals surface area contributed by atoms with Gasteiger partial charge in [-0.15, -0.1) is 11.3 Å². The van der Waals surface area contributed by atoms with Crippen molar-refractivity contribution in [2.24, 2.45) is 12.9 Å². The molecule has 3 aromatic rings. The zero-order valence-corrected chi connectivity index (χ0v) is 11.3. The molecule has 7 heteroatoms. The van der Waals surface area contributed by atoms with Crippen molar-refractivity contribution in [3.05, 3.63) is 41.2 Å². The summed E-state index contributed by atoms with van der Waals surface area (Å²) < 4.78 is 1.19. The second-order valence-corrected chi connectivity index (χ2v) is 5.37. The largest absolute Gasteiger partial charge is 0.271 e. The van der Waals surface area contributed by atoms with Crippen LogP contribution >= 0.6 is 11.3 Å². The van der Waals surface area contributed by atoms with Crippen molar-refractivity contribution in [3.63, 3.8) is 0 Å². The number of hydrazine groups is 1. The van der Waals surface area contributed by atoms with Crippen molar-refractivity contribution in [2.75, 3.05) is 0 Å². The van der Waals surface area contributed by atoms with Gasteiger partial charge in [0.1, 0.15) is 5.69 Å². The third kappa shape index (κ3) is 2.48. The molecule has 0 aliphatic carbocycles. The van der Waals surface area contributed by atoms with Gasteiger partial charge in [-0.2, -0.15) is 15.0 Å². The second-order valence-electron chi connectivity index (χ2n) is 4.26. The number of para-hydroxylation sites is 1. The first-order chi connectivity index (χ1) is 9.26. The zero-order valence-electron chi connectivity index (χ0n) is 10.4. The summed E-state index contributed by atoms with van der Waals surface area (Å²) in [6.45, 7) is 0. The van der Waals surface area contributed by atoms with Crippen LogP contribution in [0.3, 0.4) is 0 Å². The van der Waals surface area contributed by atoms with Crippen molar-refractivity contribution >= 4 is 21.6 Å². The van der Waals surface area contributed by atoms with Crippen LogP contribution < -0.4 is 11.3 Å². The highest BCUT2D eigenvalue weighted by atomic mass is 32.1. The SMILES string of the molecule is Cn1ncc(C(Cc2nc3ccccc3s2)NN)n1. The molecule has 0 fully saturated rings. The summed E-state index contributed by atoms with van der Waals surface area (Å²) in [5.41, 5.74) is 4.62. The lowest BCUT2D eigenvalue weighted by molar-refractivity contribution is 0.525. The molecule has 0 saturated heterocycles. The molecule has 3 rings (SSSR count). The molecule has 0 bridgehead atoms. The van der Waals surface area contributed by atoms with Gasteiger partial charge in [-0.25, -0.2) is 4.98 Å². The smallest absolute Gasteiger partial charge is 0.101 e. The van der Waals surface area contributed by atoms with Crippen molar-refractivity contribution in [1.82, 2.24) is 25.4 Å². The third-order valence-electron chi connectivity index (χ3n) is 2.89. The Labute approximate surface area is 114 Å². The minimum atomic E-state index is -0.0748. The molecule has 1 atom stereocenters. The minimum absolute atomic E-state index is 0.0748. The van der Waals surface area contributed by atoms with Crippen molar-refractivity contribution in [2.45, 2.75) is 12.5 Å². The number of aromatic nitrogens is 4. The van der Waals surface area contributed by atoms with Crippen molar-refractivity contribution < 1.29 is 0 Å². The van der Waals surface area contributed by atoms with Gasteiger partial charge in [0.2, 0.25) is 0 Å². The van der Waals surface area contributed by atoms with Crippen LogP contribution in [0.25, 0.3) is 10.2 Å². The Morgan fingerprint density at radius 1 is 1.42 bits per heavy atom. The van der Waals surface area contributed by atoms with Crippen molar-refractivity contribution in [3.8, 4) is 0 Å². The topological polar surface area (TPSA) is 81.7 Å². The van der Waals surface area contributed by atoms with Gasteiger partial charge in [0.15, 0.2) is 0 Å². The third-order valence-corrected chi connectivity index (χ3v) is 3.95. The summed E-state index contributed by atoms with van der Waals surface area (Å²) in [5.74, 6) is 5.61. The van der Waals surface area contributed by atoms with Crippen LogP contribution in [-0.4, -0.2) is 20.0 Å². The number of hydrogen-bond donors (Lipinski definition) is 2. The summed E-state index contributed by atoms with van der Waals surface area (Å²) in [4.78, 5) is 6.13. The number of nitrogens with zero attached hydrogens (tertiary/aromatic N) is 4. The van der Waals surface area contributed by atoms with Gasteiger partial charge in [0.25, 0.3) is 0 Å². The first kappa shape index (κ1) is 12.2. The summed E-state index contributed by atoms with van der Waals surface area (Å²) in [5, 5.41) is 9.37. The fourth-order valence-electron chi connectivity index (χ4n) is 1.95. The Morgan fingerprint density at radius 3 is 2.95 bits per heavy atom. The maximum atomic E-state index is 5.61. The predicted molar refractivity (Wildman–Crippen MR) is 74.4 cm³/mol. The van der Waals surface area contributed by atoms with Crippen LogP contribution in [0.1, 0.15) is 16.7 Å². The molecule has 0 aliphatic rings. The van der Waals surface area contributed by atoms with E-state index in [2.05, 4.69) is 26.7 Å².